The fraction of sp³-hybridized carbons (Fsp3) is 0.357. The van der Waals surface area contributed by atoms with Gasteiger partial charge in [0.05, 0.1) is 0 Å². The lowest BCUT2D eigenvalue weighted by Gasteiger charge is -2.41. The first-order valence-electron chi connectivity index (χ1n) is 5.94. The SMILES string of the molecule is CC1C[C@H]2CC(=O)C=CN2c2ccc(Cl)cc21. The molecule has 3 heteroatoms. The summed E-state index contributed by atoms with van der Waals surface area (Å²) in [5.41, 5.74) is 2.48. The smallest absolute Gasteiger partial charge is 0.159 e. The summed E-state index contributed by atoms with van der Waals surface area (Å²) in [6.45, 7) is 2.20. The van der Waals surface area contributed by atoms with Gasteiger partial charge in [-0.2, -0.15) is 0 Å². The van der Waals surface area contributed by atoms with Gasteiger partial charge in [-0.3, -0.25) is 4.79 Å². The van der Waals surface area contributed by atoms with Crippen molar-refractivity contribution in [1.82, 2.24) is 0 Å². The van der Waals surface area contributed by atoms with Gasteiger partial charge in [0.1, 0.15) is 0 Å². The number of hydrogen-bond donors (Lipinski definition) is 0. The highest BCUT2D eigenvalue weighted by molar-refractivity contribution is 6.30. The van der Waals surface area contributed by atoms with Crippen LogP contribution in [0.15, 0.2) is 30.5 Å². The quantitative estimate of drug-likeness (QED) is 0.699. The number of halogens is 1. The summed E-state index contributed by atoms with van der Waals surface area (Å²) in [5.74, 6) is 0.695. The maximum Gasteiger partial charge on any atom is 0.159 e. The van der Waals surface area contributed by atoms with E-state index in [1.807, 2.05) is 18.3 Å². The van der Waals surface area contributed by atoms with Gasteiger partial charge in [0, 0.05) is 29.4 Å². The highest BCUT2D eigenvalue weighted by atomic mass is 35.5. The van der Waals surface area contributed by atoms with E-state index in [2.05, 4.69) is 17.9 Å². The molecular formula is C14H14ClNO. The molecule has 0 radical (unpaired) electrons. The third kappa shape index (κ3) is 1.77. The van der Waals surface area contributed by atoms with Crippen LogP contribution in [0, 0.1) is 0 Å². The molecule has 2 atom stereocenters. The molecule has 0 N–H and O–H groups in total. The number of hydrogen-bond acceptors (Lipinski definition) is 2. The first-order chi connectivity index (χ1) is 8.15. The minimum Gasteiger partial charge on any atom is -0.344 e. The first kappa shape index (κ1) is 10.8. The standard InChI is InChI=1S/C14H14ClNO/c1-9-6-11-8-12(17)4-5-16(11)14-3-2-10(15)7-13(9)14/h2-5,7,9,11H,6,8H2,1H3/t9?,11-/m0/s1. The second-order valence-electron chi connectivity index (χ2n) is 4.89. The molecule has 3 rings (SSSR count). The number of benzene rings is 1. The van der Waals surface area contributed by atoms with Gasteiger partial charge in [0.25, 0.3) is 0 Å². The van der Waals surface area contributed by atoms with E-state index in [9.17, 15) is 4.79 Å². The number of ketones is 1. The van der Waals surface area contributed by atoms with Gasteiger partial charge in [-0.15, -0.1) is 0 Å². The Morgan fingerprint density at radius 2 is 2.24 bits per heavy atom. The largest absolute Gasteiger partial charge is 0.344 e. The lowest BCUT2D eigenvalue weighted by atomic mass is 9.84. The molecule has 1 aromatic rings. The summed E-state index contributed by atoms with van der Waals surface area (Å²) in [4.78, 5) is 13.7. The summed E-state index contributed by atoms with van der Waals surface area (Å²) in [6.07, 6.45) is 5.23. The van der Waals surface area contributed by atoms with Gasteiger partial charge in [0.2, 0.25) is 0 Å². The van der Waals surface area contributed by atoms with Crippen molar-refractivity contribution in [1.29, 1.82) is 0 Å². The molecular weight excluding hydrogens is 234 g/mol. The zero-order valence-corrected chi connectivity index (χ0v) is 10.4. The van der Waals surface area contributed by atoms with Crippen molar-refractivity contribution in [2.75, 3.05) is 4.90 Å². The Morgan fingerprint density at radius 3 is 3.06 bits per heavy atom. The number of fused-ring (bicyclic) bond motifs is 3. The third-order valence-electron chi connectivity index (χ3n) is 3.68. The van der Waals surface area contributed by atoms with Gasteiger partial charge in [-0.05, 0) is 42.2 Å². The molecule has 0 spiro atoms. The van der Waals surface area contributed by atoms with Crippen molar-refractivity contribution < 1.29 is 4.79 Å². The molecule has 0 saturated heterocycles. The van der Waals surface area contributed by atoms with Crippen molar-refractivity contribution in [2.24, 2.45) is 0 Å². The second kappa shape index (κ2) is 3.88. The van der Waals surface area contributed by atoms with E-state index in [-0.39, 0.29) is 5.78 Å². The van der Waals surface area contributed by atoms with E-state index >= 15 is 0 Å². The van der Waals surface area contributed by atoms with Crippen LogP contribution < -0.4 is 4.90 Å². The normalized spacial score (nSPS) is 26.7. The highest BCUT2D eigenvalue weighted by Gasteiger charge is 2.32. The van der Waals surface area contributed by atoms with E-state index in [0.29, 0.717) is 18.4 Å². The third-order valence-corrected chi connectivity index (χ3v) is 3.91. The summed E-state index contributed by atoms with van der Waals surface area (Å²) in [6, 6.07) is 6.33. The Bertz CT molecular complexity index is 509. The van der Waals surface area contributed by atoms with Crippen LogP contribution in [0.5, 0.6) is 0 Å². The number of carbonyl (C=O) groups is 1. The fourth-order valence-electron chi connectivity index (χ4n) is 2.85. The number of allylic oxidation sites excluding steroid dienone is 1. The number of anilines is 1. The Morgan fingerprint density at radius 1 is 1.41 bits per heavy atom. The van der Waals surface area contributed by atoms with E-state index < -0.39 is 0 Å². The number of nitrogens with zero attached hydrogens (tertiary/aromatic N) is 1. The number of carbonyl (C=O) groups excluding carboxylic acids is 1. The lowest BCUT2D eigenvalue weighted by Crippen LogP contribution is -2.40. The van der Waals surface area contributed by atoms with Crippen LogP contribution in [0.1, 0.15) is 31.2 Å². The van der Waals surface area contributed by atoms with Gasteiger partial charge >= 0.3 is 0 Å². The lowest BCUT2D eigenvalue weighted by molar-refractivity contribution is -0.115. The van der Waals surface area contributed by atoms with Crippen LogP contribution in [0.3, 0.4) is 0 Å². The topological polar surface area (TPSA) is 20.3 Å². The van der Waals surface area contributed by atoms with Gasteiger partial charge in [0.15, 0.2) is 5.78 Å². The molecule has 0 saturated carbocycles. The molecule has 2 heterocycles. The van der Waals surface area contributed by atoms with Crippen molar-refractivity contribution in [3.63, 3.8) is 0 Å². The van der Waals surface area contributed by atoms with Crippen LogP contribution in [0.4, 0.5) is 5.69 Å². The second-order valence-corrected chi connectivity index (χ2v) is 5.32. The summed E-state index contributed by atoms with van der Waals surface area (Å²) in [7, 11) is 0. The van der Waals surface area contributed by atoms with Crippen LogP contribution in [0.2, 0.25) is 5.02 Å². The zero-order chi connectivity index (χ0) is 12.0. The molecule has 0 aliphatic carbocycles. The molecule has 2 aliphatic rings. The van der Waals surface area contributed by atoms with Crippen molar-refractivity contribution in [3.8, 4) is 0 Å². The fourth-order valence-corrected chi connectivity index (χ4v) is 3.03. The molecule has 0 fully saturated rings. The van der Waals surface area contributed by atoms with Crippen molar-refractivity contribution >= 4 is 23.1 Å². The van der Waals surface area contributed by atoms with E-state index in [1.165, 1.54) is 11.3 Å². The molecule has 2 aliphatic heterocycles. The van der Waals surface area contributed by atoms with E-state index in [4.69, 9.17) is 11.6 Å². The molecule has 2 nitrogen and oxygen atoms in total. The molecule has 1 unspecified atom stereocenters. The molecule has 17 heavy (non-hydrogen) atoms. The Labute approximate surface area is 106 Å². The first-order valence-corrected chi connectivity index (χ1v) is 6.32. The average Bonchev–Trinajstić information content (AvgIpc) is 2.29. The van der Waals surface area contributed by atoms with Crippen LogP contribution in [0.25, 0.3) is 0 Å². The van der Waals surface area contributed by atoms with Crippen molar-refractivity contribution in [2.45, 2.75) is 31.7 Å². The summed E-state index contributed by atoms with van der Waals surface area (Å²) in [5, 5.41) is 0.783. The average molecular weight is 248 g/mol. The predicted molar refractivity (Wildman–Crippen MR) is 69.5 cm³/mol. The molecule has 88 valence electrons. The Balaban J connectivity index is 2.10. The van der Waals surface area contributed by atoms with Crippen LogP contribution in [-0.2, 0) is 4.79 Å². The van der Waals surface area contributed by atoms with E-state index in [1.54, 1.807) is 6.08 Å². The molecule has 0 bridgehead atoms. The minimum atomic E-state index is 0.232. The maximum atomic E-state index is 11.5. The highest BCUT2D eigenvalue weighted by Crippen LogP contribution is 2.41. The van der Waals surface area contributed by atoms with E-state index in [0.717, 1.165) is 11.4 Å². The zero-order valence-electron chi connectivity index (χ0n) is 9.69. The molecule has 0 amide bonds. The minimum absolute atomic E-state index is 0.232. The maximum absolute atomic E-state index is 11.5. The van der Waals surface area contributed by atoms with Gasteiger partial charge < -0.3 is 4.90 Å². The monoisotopic (exact) mass is 247 g/mol. The summed E-state index contributed by atoms with van der Waals surface area (Å²) >= 11 is 6.05. The molecule has 1 aromatic carbocycles. The van der Waals surface area contributed by atoms with Crippen LogP contribution >= 0.6 is 11.6 Å². The van der Waals surface area contributed by atoms with Crippen molar-refractivity contribution in [3.05, 3.63) is 41.1 Å². The molecule has 0 aromatic heterocycles. The van der Waals surface area contributed by atoms with Gasteiger partial charge in [-0.1, -0.05) is 18.5 Å². The Kier molecular flexibility index (Phi) is 2.48. The van der Waals surface area contributed by atoms with Gasteiger partial charge in [-0.25, -0.2) is 0 Å². The van der Waals surface area contributed by atoms with Crippen LogP contribution in [-0.4, -0.2) is 11.8 Å². The summed E-state index contributed by atoms with van der Waals surface area (Å²) < 4.78 is 0. The predicted octanol–water partition coefficient (Wildman–Crippen LogP) is 3.51. The Hall–Kier alpha value is -1.28. The number of rotatable bonds is 0.